The van der Waals surface area contributed by atoms with E-state index in [0.29, 0.717) is 23.4 Å². The van der Waals surface area contributed by atoms with Crippen LogP contribution < -0.4 is 9.64 Å². The number of carbonyl (C=O) groups is 2. The maximum Gasteiger partial charge on any atom is 0.416 e. The Morgan fingerprint density at radius 1 is 0.909 bits per heavy atom. The third-order valence-corrected chi connectivity index (χ3v) is 7.69. The van der Waals surface area contributed by atoms with Gasteiger partial charge in [-0.3, -0.25) is 9.69 Å². The van der Waals surface area contributed by atoms with E-state index in [2.05, 4.69) is 0 Å². The molecule has 1 aliphatic heterocycles. The first kappa shape index (κ1) is 32.7. The number of amides is 2. The maximum atomic E-state index is 13.6. The van der Waals surface area contributed by atoms with E-state index in [1.54, 1.807) is 18.2 Å². The summed E-state index contributed by atoms with van der Waals surface area (Å²) in [4.78, 5) is 28.1. The first-order valence-electron chi connectivity index (χ1n) is 13.9. The van der Waals surface area contributed by atoms with Crippen LogP contribution in [0, 0.1) is 5.92 Å². The van der Waals surface area contributed by atoms with Gasteiger partial charge in [0, 0.05) is 25.6 Å². The van der Waals surface area contributed by atoms with Crippen molar-refractivity contribution in [2.24, 2.45) is 5.92 Å². The lowest BCUT2D eigenvalue weighted by molar-refractivity contribution is -0.143. The molecule has 6 nitrogen and oxygen atoms in total. The highest BCUT2D eigenvalue weighted by Crippen LogP contribution is 2.43. The van der Waals surface area contributed by atoms with Crippen molar-refractivity contribution in [3.05, 3.63) is 94.5 Å². The standard InChI is InChI=1S/C32H32F6N2O4/c1-19(2)27-11-12-28(39(20(3)41)17-22-13-23(31(33,34)35)15-24(14-22)32(36,37)38)26-10-9-25(16-29(26)40(27)30(42)43)44-18-21-7-5-4-6-8-21/h4-10,13-16,19,27-28H,11-12,17-18H2,1-3H3,(H,42,43). The predicted molar refractivity (Wildman–Crippen MR) is 151 cm³/mol. The van der Waals surface area contributed by atoms with Gasteiger partial charge in [-0.05, 0) is 59.7 Å². The Balaban J connectivity index is 1.80. The number of ether oxygens (including phenoxy) is 1. The Morgan fingerprint density at radius 3 is 2.05 bits per heavy atom. The van der Waals surface area contributed by atoms with Crippen molar-refractivity contribution in [2.45, 2.75) is 71.2 Å². The summed E-state index contributed by atoms with van der Waals surface area (Å²) in [6, 6.07) is 13.9. The molecule has 2 atom stereocenters. The number of halogens is 6. The minimum atomic E-state index is -5.05. The molecule has 4 rings (SSSR count). The minimum Gasteiger partial charge on any atom is -0.489 e. The van der Waals surface area contributed by atoms with Crippen LogP contribution in [0.1, 0.15) is 67.5 Å². The molecule has 0 aliphatic carbocycles. The Kier molecular flexibility index (Phi) is 9.50. The zero-order valence-electron chi connectivity index (χ0n) is 24.2. The normalized spacial score (nSPS) is 17.2. The van der Waals surface area contributed by atoms with Gasteiger partial charge in [-0.15, -0.1) is 0 Å². The van der Waals surface area contributed by atoms with Crippen LogP contribution in [0.5, 0.6) is 5.75 Å². The smallest absolute Gasteiger partial charge is 0.416 e. The molecule has 1 aliphatic rings. The summed E-state index contributed by atoms with van der Waals surface area (Å²) < 4.78 is 87.3. The van der Waals surface area contributed by atoms with E-state index in [-0.39, 0.29) is 42.7 Å². The molecule has 3 aromatic carbocycles. The average molecular weight is 623 g/mol. The fourth-order valence-corrected chi connectivity index (χ4v) is 5.58. The third-order valence-electron chi connectivity index (χ3n) is 7.69. The van der Waals surface area contributed by atoms with Gasteiger partial charge in [0.2, 0.25) is 5.91 Å². The highest BCUT2D eigenvalue weighted by atomic mass is 19.4. The average Bonchev–Trinajstić information content (AvgIpc) is 3.11. The maximum absolute atomic E-state index is 13.6. The second kappa shape index (κ2) is 12.8. The molecule has 2 unspecified atom stereocenters. The zero-order chi connectivity index (χ0) is 32.4. The van der Waals surface area contributed by atoms with Gasteiger partial charge in [-0.25, -0.2) is 4.79 Å². The summed E-state index contributed by atoms with van der Waals surface area (Å²) in [7, 11) is 0. The van der Waals surface area contributed by atoms with Gasteiger partial charge in [0.1, 0.15) is 12.4 Å². The Labute approximate surface area is 250 Å². The molecule has 0 spiro atoms. The molecule has 0 fully saturated rings. The van der Waals surface area contributed by atoms with E-state index in [4.69, 9.17) is 4.74 Å². The number of benzene rings is 3. The molecule has 1 N–H and O–H groups in total. The predicted octanol–water partition coefficient (Wildman–Crippen LogP) is 8.70. The van der Waals surface area contributed by atoms with Crippen molar-refractivity contribution in [2.75, 3.05) is 4.90 Å². The summed E-state index contributed by atoms with van der Waals surface area (Å²) in [6.07, 6.45) is -10.8. The largest absolute Gasteiger partial charge is 0.489 e. The van der Waals surface area contributed by atoms with Gasteiger partial charge in [0.05, 0.1) is 22.9 Å². The van der Waals surface area contributed by atoms with Crippen LogP contribution in [0.15, 0.2) is 66.7 Å². The SMILES string of the molecule is CC(=O)N(Cc1cc(C(F)(F)F)cc(C(F)(F)F)c1)C1CCC(C(C)C)N(C(=O)O)c2cc(OCc3ccccc3)ccc21. The fraction of sp³-hybridized carbons (Fsp3) is 0.375. The minimum absolute atomic E-state index is 0.0392. The second-order valence-electron chi connectivity index (χ2n) is 11.1. The van der Waals surface area contributed by atoms with Gasteiger partial charge in [-0.2, -0.15) is 26.3 Å². The first-order valence-corrected chi connectivity index (χ1v) is 13.9. The number of fused-ring (bicyclic) bond motifs is 1. The number of alkyl halides is 6. The Hall–Kier alpha value is -4.22. The highest BCUT2D eigenvalue weighted by molar-refractivity contribution is 5.89. The number of carbonyl (C=O) groups excluding carboxylic acids is 1. The van der Waals surface area contributed by atoms with Gasteiger partial charge in [0.15, 0.2) is 0 Å². The summed E-state index contributed by atoms with van der Waals surface area (Å²) in [5.74, 6) is -0.402. The van der Waals surface area contributed by atoms with E-state index in [1.807, 2.05) is 44.2 Å². The van der Waals surface area contributed by atoms with Crippen LogP contribution in [-0.4, -0.2) is 28.0 Å². The second-order valence-corrected chi connectivity index (χ2v) is 11.1. The van der Waals surface area contributed by atoms with Crippen molar-refractivity contribution < 1.29 is 45.8 Å². The van der Waals surface area contributed by atoms with Crippen LogP contribution in [-0.2, 0) is 30.3 Å². The summed E-state index contributed by atoms with van der Waals surface area (Å²) >= 11 is 0. The highest BCUT2D eigenvalue weighted by Gasteiger charge is 2.40. The molecule has 0 aromatic heterocycles. The van der Waals surface area contributed by atoms with Crippen LogP contribution >= 0.6 is 0 Å². The lowest BCUT2D eigenvalue weighted by Gasteiger charge is -2.33. The van der Waals surface area contributed by atoms with Gasteiger partial charge >= 0.3 is 18.4 Å². The molecule has 0 bridgehead atoms. The van der Waals surface area contributed by atoms with E-state index in [9.17, 15) is 41.0 Å². The molecule has 236 valence electrons. The topological polar surface area (TPSA) is 70.1 Å². The van der Waals surface area contributed by atoms with E-state index in [0.717, 1.165) is 5.56 Å². The van der Waals surface area contributed by atoms with Gasteiger partial charge < -0.3 is 14.7 Å². The summed E-state index contributed by atoms with van der Waals surface area (Å²) in [5, 5.41) is 10.3. The Morgan fingerprint density at radius 2 is 1.52 bits per heavy atom. The summed E-state index contributed by atoms with van der Waals surface area (Å²) in [5.41, 5.74) is -1.83. The summed E-state index contributed by atoms with van der Waals surface area (Å²) in [6.45, 7) is 4.51. The van der Waals surface area contributed by atoms with Crippen LogP contribution in [0.2, 0.25) is 0 Å². The van der Waals surface area contributed by atoms with E-state index >= 15 is 0 Å². The van der Waals surface area contributed by atoms with E-state index in [1.165, 1.54) is 16.7 Å². The van der Waals surface area contributed by atoms with Crippen LogP contribution in [0.4, 0.5) is 36.8 Å². The molecule has 44 heavy (non-hydrogen) atoms. The first-order chi connectivity index (χ1) is 20.6. The van der Waals surface area contributed by atoms with E-state index < -0.39 is 54.1 Å². The molecular formula is C32H32F6N2O4. The lowest BCUT2D eigenvalue weighted by atomic mass is 9.95. The molecular weight excluding hydrogens is 590 g/mol. The van der Waals surface area contributed by atoms with Crippen molar-refractivity contribution in [1.82, 2.24) is 4.90 Å². The number of rotatable bonds is 7. The number of carboxylic acid groups (broad SMARTS) is 1. The molecule has 3 aromatic rings. The molecule has 0 saturated heterocycles. The molecule has 12 heteroatoms. The van der Waals surface area contributed by atoms with Crippen molar-refractivity contribution in [3.8, 4) is 5.75 Å². The molecule has 1 heterocycles. The number of hydrogen-bond acceptors (Lipinski definition) is 3. The zero-order valence-corrected chi connectivity index (χ0v) is 24.2. The number of hydrogen-bond donors (Lipinski definition) is 1. The monoisotopic (exact) mass is 622 g/mol. The third kappa shape index (κ3) is 7.46. The quantitative estimate of drug-likeness (QED) is 0.268. The fourth-order valence-electron chi connectivity index (χ4n) is 5.58. The van der Waals surface area contributed by atoms with Crippen molar-refractivity contribution in [3.63, 3.8) is 0 Å². The van der Waals surface area contributed by atoms with Gasteiger partial charge in [0.25, 0.3) is 0 Å². The van der Waals surface area contributed by atoms with Crippen molar-refractivity contribution >= 4 is 17.7 Å². The van der Waals surface area contributed by atoms with Crippen LogP contribution in [0.3, 0.4) is 0 Å². The molecule has 0 radical (unpaired) electrons. The number of nitrogens with zero attached hydrogens (tertiary/aromatic N) is 2. The van der Waals surface area contributed by atoms with Crippen molar-refractivity contribution in [1.29, 1.82) is 0 Å². The molecule has 2 amide bonds. The molecule has 0 saturated carbocycles. The van der Waals surface area contributed by atoms with Crippen LogP contribution in [0.25, 0.3) is 0 Å². The lowest BCUT2D eigenvalue weighted by Crippen LogP contribution is -2.42. The van der Waals surface area contributed by atoms with Gasteiger partial charge in [-0.1, -0.05) is 50.2 Å². The number of anilines is 1. The Bertz CT molecular complexity index is 1460.